The maximum Gasteiger partial charge on any atom is 0.257 e. The molecule has 19 heavy (non-hydrogen) atoms. The summed E-state index contributed by atoms with van der Waals surface area (Å²) in [7, 11) is 0. The highest BCUT2D eigenvalue weighted by Gasteiger charge is 2.13. The smallest absolute Gasteiger partial charge is 0.257 e. The molecule has 0 atom stereocenters. The third-order valence-electron chi connectivity index (χ3n) is 2.35. The van der Waals surface area contributed by atoms with Crippen molar-refractivity contribution in [1.82, 2.24) is 0 Å². The molecule has 0 unspecified atom stereocenters. The van der Waals surface area contributed by atoms with E-state index >= 15 is 0 Å². The molecule has 2 aromatic carbocycles. The van der Waals surface area contributed by atoms with E-state index in [9.17, 15) is 18.0 Å². The summed E-state index contributed by atoms with van der Waals surface area (Å²) in [6.45, 7) is 0. The fourth-order valence-corrected chi connectivity index (χ4v) is 1.71. The van der Waals surface area contributed by atoms with Gasteiger partial charge in [-0.3, -0.25) is 4.79 Å². The molecule has 0 heterocycles. The highest BCUT2D eigenvalue weighted by molar-refractivity contribution is 6.34. The average Bonchev–Trinajstić information content (AvgIpc) is 2.33. The van der Waals surface area contributed by atoms with Crippen molar-refractivity contribution in [1.29, 1.82) is 0 Å². The normalized spacial score (nSPS) is 10.3. The number of carbonyl (C=O) groups excluding carboxylic acids is 1. The Hall–Kier alpha value is -2.01. The van der Waals surface area contributed by atoms with Crippen LogP contribution in [0.2, 0.25) is 5.02 Å². The summed E-state index contributed by atoms with van der Waals surface area (Å²) in [5, 5.41) is 2.05. The SMILES string of the molecule is O=C(Nc1cc(F)ccc1F)c1ccc(F)cc1Cl. The van der Waals surface area contributed by atoms with E-state index in [1.807, 2.05) is 0 Å². The van der Waals surface area contributed by atoms with Gasteiger partial charge in [0.15, 0.2) is 0 Å². The zero-order valence-electron chi connectivity index (χ0n) is 9.38. The van der Waals surface area contributed by atoms with Gasteiger partial charge in [0.05, 0.1) is 16.3 Å². The van der Waals surface area contributed by atoms with E-state index < -0.39 is 23.4 Å². The molecular formula is C13H7ClF3NO. The Balaban J connectivity index is 2.28. The first-order chi connectivity index (χ1) is 8.97. The molecule has 0 aromatic heterocycles. The van der Waals surface area contributed by atoms with Gasteiger partial charge in [-0.25, -0.2) is 13.2 Å². The second kappa shape index (κ2) is 5.32. The number of hydrogen-bond acceptors (Lipinski definition) is 1. The molecule has 0 spiro atoms. The summed E-state index contributed by atoms with van der Waals surface area (Å²) in [4.78, 5) is 11.8. The lowest BCUT2D eigenvalue weighted by molar-refractivity contribution is 0.102. The molecule has 2 aromatic rings. The predicted octanol–water partition coefficient (Wildman–Crippen LogP) is 4.01. The fourth-order valence-electron chi connectivity index (χ4n) is 1.46. The van der Waals surface area contributed by atoms with Crippen LogP contribution < -0.4 is 5.32 Å². The van der Waals surface area contributed by atoms with E-state index in [1.165, 1.54) is 0 Å². The standard InChI is InChI=1S/C13H7ClF3NO/c14-10-5-7(15)1-3-9(10)13(19)18-12-6-8(16)2-4-11(12)17/h1-6H,(H,18,19). The maximum atomic E-state index is 13.3. The van der Waals surface area contributed by atoms with Crippen molar-refractivity contribution in [2.75, 3.05) is 5.32 Å². The minimum atomic E-state index is -0.784. The highest BCUT2D eigenvalue weighted by Crippen LogP contribution is 2.20. The van der Waals surface area contributed by atoms with Crippen LogP contribution in [-0.2, 0) is 0 Å². The summed E-state index contributed by atoms with van der Waals surface area (Å²) in [6.07, 6.45) is 0. The van der Waals surface area contributed by atoms with Crippen LogP contribution in [0.1, 0.15) is 10.4 Å². The van der Waals surface area contributed by atoms with Crippen molar-refractivity contribution >= 4 is 23.2 Å². The first-order valence-corrected chi connectivity index (χ1v) is 5.56. The number of hydrogen-bond donors (Lipinski definition) is 1. The molecule has 0 aliphatic carbocycles. The van der Waals surface area contributed by atoms with E-state index in [1.54, 1.807) is 0 Å². The maximum absolute atomic E-state index is 13.3. The number of nitrogens with one attached hydrogen (secondary N) is 1. The molecule has 0 radical (unpaired) electrons. The van der Waals surface area contributed by atoms with Crippen molar-refractivity contribution < 1.29 is 18.0 Å². The minimum absolute atomic E-state index is 0.0354. The number of anilines is 1. The Morgan fingerprint density at radius 2 is 1.63 bits per heavy atom. The number of benzene rings is 2. The summed E-state index contributed by atoms with van der Waals surface area (Å²) >= 11 is 5.69. The molecule has 0 saturated carbocycles. The van der Waals surface area contributed by atoms with Gasteiger partial charge in [0.25, 0.3) is 5.91 Å². The molecule has 0 bridgehead atoms. The molecule has 0 saturated heterocycles. The first-order valence-electron chi connectivity index (χ1n) is 5.19. The molecule has 1 amide bonds. The summed E-state index contributed by atoms with van der Waals surface area (Å²) in [5.41, 5.74) is -0.350. The van der Waals surface area contributed by atoms with E-state index in [-0.39, 0.29) is 16.3 Å². The van der Waals surface area contributed by atoms with Gasteiger partial charge in [0.1, 0.15) is 17.5 Å². The van der Waals surface area contributed by atoms with Crippen molar-refractivity contribution in [3.8, 4) is 0 Å². The van der Waals surface area contributed by atoms with Crippen LogP contribution in [0.4, 0.5) is 18.9 Å². The second-order valence-corrected chi connectivity index (χ2v) is 4.11. The number of halogens is 4. The Morgan fingerprint density at radius 3 is 2.32 bits per heavy atom. The lowest BCUT2D eigenvalue weighted by Crippen LogP contribution is -2.13. The summed E-state index contributed by atoms with van der Waals surface area (Å²) < 4.78 is 39.1. The zero-order chi connectivity index (χ0) is 14.0. The lowest BCUT2D eigenvalue weighted by atomic mass is 10.2. The number of amides is 1. The van der Waals surface area contributed by atoms with E-state index in [0.717, 1.165) is 36.4 Å². The summed E-state index contributed by atoms with van der Waals surface area (Å²) in [5.74, 6) is -2.83. The predicted molar refractivity (Wildman–Crippen MR) is 65.7 cm³/mol. The third-order valence-corrected chi connectivity index (χ3v) is 2.67. The zero-order valence-corrected chi connectivity index (χ0v) is 10.1. The van der Waals surface area contributed by atoms with Crippen molar-refractivity contribution in [3.63, 3.8) is 0 Å². The molecule has 6 heteroatoms. The van der Waals surface area contributed by atoms with Gasteiger partial charge in [-0.1, -0.05) is 11.6 Å². The molecule has 0 aliphatic rings. The van der Waals surface area contributed by atoms with Crippen LogP contribution in [0.5, 0.6) is 0 Å². The third kappa shape index (κ3) is 3.06. The first kappa shape index (κ1) is 13.4. The van der Waals surface area contributed by atoms with Gasteiger partial charge in [-0.15, -0.1) is 0 Å². The Morgan fingerprint density at radius 1 is 1.00 bits per heavy atom. The van der Waals surface area contributed by atoms with Crippen LogP contribution >= 0.6 is 11.6 Å². The van der Waals surface area contributed by atoms with Gasteiger partial charge < -0.3 is 5.32 Å². The minimum Gasteiger partial charge on any atom is -0.319 e. The van der Waals surface area contributed by atoms with Crippen LogP contribution in [0.25, 0.3) is 0 Å². The number of carbonyl (C=O) groups is 1. The van der Waals surface area contributed by atoms with Crippen LogP contribution in [0.3, 0.4) is 0 Å². The lowest BCUT2D eigenvalue weighted by Gasteiger charge is -2.07. The van der Waals surface area contributed by atoms with Crippen molar-refractivity contribution in [2.24, 2.45) is 0 Å². The second-order valence-electron chi connectivity index (χ2n) is 3.70. The molecule has 0 fully saturated rings. The van der Waals surface area contributed by atoms with Crippen LogP contribution in [0.15, 0.2) is 36.4 Å². The highest BCUT2D eigenvalue weighted by atomic mass is 35.5. The average molecular weight is 286 g/mol. The Bertz CT molecular complexity index is 646. The molecule has 2 rings (SSSR count). The largest absolute Gasteiger partial charge is 0.319 e. The van der Waals surface area contributed by atoms with Crippen LogP contribution in [-0.4, -0.2) is 5.91 Å². The molecular weight excluding hydrogens is 279 g/mol. The quantitative estimate of drug-likeness (QED) is 0.887. The molecule has 1 N–H and O–H groups in total. The molecule has 2 nitrogen and oxygen atoms in total. The molecule has 98 valence electrons. The van der Waals surface area contributed by atoms with Gasteiger partial charge >= 0.3 is 0 Å². The molecule has 0 aliphatic heterocycles. The van der Waals surface area contributed by atoms with E-state index in [0.29, 0.717) is 0 Å². The topological polar surface area (TPSA) is 29.1 Å². The van der Waals surface area contributed by atoms with Crippen LogP contribution in [0, 0.1) is 17.5 Å². The van der Waals surface area contributed by atoms with E-state index in [2.05, 4.69) is 5.32 Å². The monoisotopic (exact) mass is 285 g/mol. The summed E-state index contributed by atoms with van der Waals surface area (Å²) in [6, 6.07) is 5.81. The Kier molecular flexibility index (Phi) is 3.76. The van der Waals surface area contributed by atoms with Gasteiger partial charge in [-0.05, 0) is 30.3 Å². The fraction of sp³-hybridized carbons (Fsp3) is 0. The number of rotatable bonds is 2. The van der Waals surface area contributed by atoms with Crippen molar-refractivity contribution in [2.45, 2.75) is 0 Å². The van der Waals surface area contributed by atoms with Gasteiger partial charge in [0.2, 0.25) is 0 Å². The van der Waals surface area contributed by atoms with Gasteiger partial charge in [-0.2, -0.15) is 0 Å². The Labute approximate surface area is 111 Å². The van der Waals surface area contributed by atoms with Crippen molar-refractivity contribution in [3.05, 3.63) is 64.4 Å². The van der Waals surface area contributed by atoms with Gasteiger partial charge in [0, 0.05) is 6.07 Å². The van der Waals surface area contributed by atoms with E-state index in [4.69, 9.17) is 11.6 Å².